The third kappa shape index (κ3) is 5.17. The normalized spacial score (nSPS) is 6.43. The maximum absolute atomic E-state index is 9.60. The maximum atomic E-state index is 9.60. The van der Waals surface area contributed by atoms with Crippen molar-refractivity contribution in [2.24, 2.45) is 0 Å². The highest BCUT2D eigenvalue weighted by Gasteiger charge is 1.90. The van der Waals surface area contributed by atoms with Crippen molar-refractivity contribution >= 4 is 5.97 Å². The fraction of sp³-hybridized carbons (Fsp3) is 0.250. The molecule has 0 bridgehead atoms. The number of rotatable bonds is 1. The van der Waals surface area contributed by atoms with Gasteiger partial charge >= 0.3 is 5.97 Å². The average molecular weight is 104 g/mol. The Bertz CT molecular complexity index is 72.9. The van der Waals surface area contributed by atoms with Crippen molar-refractivity contribution in [3.8, 4) is 0 Å². The quantitative estimate of drug-likeness (QED) is 0.469. The van der Waals surface area contributed by atoms with Gasteiger partial charge in [-0.1, -0.05) is 6.58 Å². The molecule has 0 saturated heterocycles. The number of carboxylic acid groups (broad SMARTS) is 1. The smallest absolute Gasteiger partial charge is 0.330 e. The van der Waals surface area contributed by atoms with Gasteiger partial charge in [0.25, 0.3) is 0 Å². The van der Waals surface area contributed by atoms with E-state index in [1.807, 2.05) is 0 Å². The number of aliphatic carboxylic acids is 1. The fourth-order valence-electron chi connectivity index (χ4n) is 0. The van der Waals surface area contributed by atoms with Gasteiger partial charge in [-0.15, -0.1) is 0 Å². The largest absolute Gasteiger partial charge is 0.478 e. The zero-order valence-corrected chi connectivity index (χ0v) is 4.06. The van der Waals surface area contributed by atoms with Crippen LogP contribution in [-0.2, 0) is 4.79 Å². The molecule has 0 spiro atoms. The van der Waals surface area contributed by atoms with E-state index in [0.29, 0.717) is 0 Å². The molecular weight excluding hydrogens is 96.0 g/mol. The molecule has 3 nitrogen and oxygen atoms in total. The van der Waals surface area contributed by atoms with Crippen molar-refractivity contribution in [1.82, 2.24) is 0 Å². The predicted octanol–water partition coefficient (Wildman–Crippen LogP) is -0.178. The lowest BCUT2D eigenvalue weighted by Gasteiger charge is -1.79. The third-order valence-corrected chi connectivity index (χ3v) is 0.365. The first-order valence-corrected chi connectivity index (χ1v) is 1.53. The molecule has 0 unspecified atom stereocenters. The zero-order chi connectivity index (χ0) is 5.15. The Hall–Kier alpha value is -0.830. The molecule has 42 valence electrons. The zero-order valence-electron chi connectivity index (χ0n) is 4.06. The van der Waals surface area contributed by atoms with E-state index in [1.54, 1.807) is 0 Å². The van der Waals surface area contributed by atoms with Crippen LogP contribution in [0.3, 0.4) is 0 Å². The van der Waals surface area contributed by atoms with Gasteiger partial charge in [0.1, 0.15) is 0 Å². The molecule has 0 atom stereocenters. The molecule has 3 N–H and O–H groups in total. The van der Waals surface area contributed by atoms with Crippen molar-refractivity contribution in [2.75, 3.05) is 0 Å². The van der Waals surface area contributed by atoms with Crippen molar-refractivity contribution in [1.29, 1.82) is 0 Å². The van der Waals surface area contributed by atoms with Crippen molar-refractivity contribution in [3.63, 3.8) is 0 Å². The summed E-state index contributed by atoms with van der Waals surface area (Å²) in [5.41, 5.74) is 0.176. The summed E-state index contributed by atoms with van der Waals surface area (Å²) >= 11 is 0. The molecule has 0 radical (unpaired) electrons. The number of carboxylic acids is 1. The third-order valence-electron chi connectivity index (χ3n) is 0.365. The molecule has 0 aromatic rings. The molecule has 0 amide bonds. The summed E-state index contributed by atoms with van der Waals surface area (Å²) in [4.78, 5) is 9.60. The Balaban J connectivity index is 0. The van der Waals surface area contributed by atoms with Gasteiger partial charge in [0.15, 0.2) is 0 Å². The van der Waals surface area contributed by atoms with E-state index in [4.69, 9.17) is 5.11 Å². The first-order chi connectivity index (χ1) is 2.64. The summed E-state index contributed by atoms with van der Waals surface area (Å²) in [6.07, 6.45) is 0. The second-order valence-electron chi connectivity index (χ2n) is 1.09. The van der Waals surface area contributed by atoms with Crippen LogP contribution in [0.1, 0.15) is 6.92 Å². The SMILES string of the molecule is C=C(C)C(=O)O.O. The van der Waals surface area contributed by atoms with E-state index in [9.17, 15) is 4.79 Å². The van der Waals surface area contributed by atoms with Gasteiger partial charge in [-0.05, 0) is 6.92 Å². The van der Waals surface area contributed by atoms with Gasteiger partial charge < -0.3 is 10.6 Å². The molecule has 0 saturated carbocycles. The molecule has 0 aliphatic rings. The lowest BCUT2D eigenvalue weighted by atomic mass is 10.4. The van der Waals surface area contributed by atoms with Gasteiger partial charge in [-0.3, -0.25) is 0 Å². The highest BCUT2D eigenvalue weighted by molar-refractivity contribution is 5.84. The van der Waals surface area contributed by atoms with Crippen LogP contribution in [-0.4, -0.2) is 16.6 Å². The molecule has 0 aliphatic heterocycles. The summed E-state index contributed by atoms with van der Waals surface area (Å²) < 4.78 is 0. The Labute approximate surface area is 41.6 Å². The monoisotopic (exact) mass is 104 g/mol. The topological polar surface area (TPSA) is 68.8 Å². The van der Waals surface area contributed by atoms with E-state index in [1.165, 1.54) is 6.92 Å². The average Bonchev–Trinajstić information content (AvgIpc) is 1.36. The van der Waals surface area contributed by atoms with E-state index in [-0.39, 0.29) is 11.0 Å². The van der Waals surface area contributed by atoms with Gasteiger partial charge in [0, 0.05) is 5.57 Å². The molecule has 0 rings (SSSR count). The van der Waals surface area contributed by atoms with Crippen molar-refractivity contribution in [3.05, 3.63) is 12.2 Å². The van der Waals surface area contributed by atoms with Crippen LogP contribution in [0.2, 0.25) is 0 Å². The van der Waals surface area contributed by atoms with Crippen LogP contribution >= 0.6 is 0 Å². The fourth-order valence-corrected chi connectivity index (χ4v) is 0. The van der Waals surface area contributed by atoms with Crippen LogP contribution < -0.4 is 0 Å². The lowest BCUT2D eigenvalue weighted by molar-refractivity contribution is -0.132. The molecule has 0 aromatic heterocycles. The number of hydrogen-bond acceptors (Lipinski definition) is 1. The van der Waals surface area contributed by atoms with Crippen molar-refractivity contribution in [2.45, 2.75) is 6.92 Å². The lowest BCUT2D eigenvalue weighted by Crippen LogP contribution is -1.92. The molecule has 7 heavy (non-hydrogen) atoms. The van der Waals surface area contributed by atoms with E-state index >= 15 is 0 Å². The second kappa shape index (κ2) is 3.36. The molecule has 0 aromatic carbocycles. The second-order valence-corrected chi connectivity index (χ2v) is 1.09. The molecule has 0 fully saturated rings. The first kappa shape index (κ1) is 9.48. The van der Waals surface area contributed by atoms with Crippen LogP contribution in [0.4, 0.5) is 0 Å². The summed E-state index contributed by atoms with van der Waals surface area (Å²) in [6, 6.07) is 0. The summed E-state index contributed by atoms with van der Waals surface area (Å²) in [5, 5.41) is 7.89. The summed E-state index contributed by atoms with van der Waals surface area (Å²) in [7, 11) is 0. The first-order valence-electron chi connectivity index (χ1n) is 1.53. The molecule has 3 heteroatoms. The maximum Gasteiger partial charge on any atom is 0.330 e. The minimum atomic E-state index is -0.935. The number of carbonyl (C=O) groups is 1. The van der Waals surface area contributed by atoms with Gasteiger partial charge in [0.2, 0.25) is 0 Å². The van der Waals surface area contributed by atoms with Gasteiger partial charge in [-0.2, -0.15) is 0 Å². The van der Waals surface area contributed by atoms with Crippen LogP contribution in [0.5, 0.6) is 0 Å². The minimum Gasteiger partial charge on any atom is -0.478 e. The molecule has 0 heterocycles. The molecule has 0 aliphatic carbocycles. The number of hydrogen-bond donors (Lipinski definition) is 1. The Morgan fingerprint density at radius 3 is 1.86 bits per heavy atom. The Morgan fingerprint density at radius 1 is 1.71 bits per heavy atom. The van der Waals surface area contributed by atoms with Crippen LogP contribution in [0.15, 0.2) is 12.2 Å². The Kier molecular flexibility index (Phi) is 4.56. The summed E-state index contributed by atoms with van der Waals surface area (Å²) in [5.74, 6) is -0.935. The predicted molar refractivity (Wildman–Crippen MR) is 26.1 cm³/mol. The Morgan fingerprint density at radius 2 is 1.86 bits per heavy atom. The van der Waals surface area contributed by atoms with Gasteiger partial charge in [0.05, 0.1) is 0 Å². The van der Waals surface area contributed by atoms with Crippen LogP contribution in [0.25, 0.3) is 0 Å². The van der Waals surface area contributed by atoms with Crippen molar-refractivity contribution < 1.29 is 15.4 Å². The standard InChI is InChI=1S/C4H6O2.H2O/c1-3(2)4(5)6;/h1H2,2H3,(H,5,6);1H2. The highest BCUT2D eigenvalue weighted by Crippen LogP contribution is 1.81. The molecular formula is C4H8O3. The van der Waals surface area contributed by atoms with E-state index in [2.05, 4.69) is 6.58 Å². The van der Waals surface area contributed by atoms with Crippen LogP contribution in [0, 0.1) is 0 Å². The van der Waals surface area contributed by atoms with E-state index in [0.717, 1.165) is 0 Å². The summed E-state index contributed by atoms with van der Waals surface area (Å²) in [6.45, 7) is 4.60. The highest BCUT2D eigenvalue weighted by atomic mass is 16.4. The van der Waals surface area contributed by atoms with E-state index < -0.39 is 5.97 Å². The van der Waals surface area contributed by atoms with Gasteiger partial charge in [-0.25, -0.2) is 4.79 Å². The minimum absolute atomic E-state index is 0.